The van der Waals surface area contributed by atoms with Crippen LogP contribution in [0.3, 0.4) is 0 Å². The van der Waals surface area contributed by atoms with Crippen LogP contribution < -0.4 is 10.9 Å². The average molecular weight is 456 g/mol. The van der Waals surface area contributed by atoms with Crippen molar-refractivity contribution < 1.29 is 13.6 Å². The molecule has 0 saturated carbocycles. The van der Waals surface area contributed by atoms with Crippen molar-refractivity contribution in [2.24, 2.45) is 0 Å². The second kappa shape index (κ2) is 8.74. The fourth-order valence-corrected chi connectivity index (χ4v) is 3.71. The summed E-state index contributed by atoms with van der Waals surface area (Å²) >= 11 is 0. The van der Waals surface area contributed by atoms with Gasteiger partial charge in [-0.1, -0.05) is 30.3 Å². The third kappa shape index (κ3) is 4.21. The van der Waals surface area contributed by atoms with E-state index in [0.717, 1.165) is 23.8 Å². The maximum absolute atomic E-state index is 14.1. The second-order valence-corrected chi connectivity index (χ2v) is 7.74. The van der Waals surface area contributed by atoms with Crippen LogP contribution in [0.4, 0.5) is 14.5 Å². The number of rotatable bonds is 5. The Bertz CT molecular complexity index is 1580. The second-order valence-electron chi connectivity index (χ2n) is 7.74. The predicted molar refractivity (Wildman–Crippen MR) is 126 cm³/mol. The van der Waals surface area contributed by atoms with Crippen LogP contribution in [0.5, 0.6) is 0 Å². The van der Waals surface area contributed by atoms with Crippen molar-refractivity contribution in [1.29, 1.82) is 0 Å². The minimum absolute atomic E-state index is 0.00466. The van der Waals surface area contributed by atoms with Gasteiger partial charge in [-0.3, -0.25) is 9.59 Å². The van der Waals surface area contributed by atoms with E-state index < -0.39 is 23.1 Å². The molecule has 168 valence electrons. The van der Waals surface area contributed by atoms with Crippen LogP contribution in [0.2, 0.25) is 0 Å². The molecule has 2 heterocycles. The van der Waals surface area contributed by atoms with Gasteiger partial charge in [0, 0.05) is 11.9 Å². The van der Waals surface area contributed by atoms with Crippen LogP contribution in [0.25, 0.3) is 22.4 Å². The van der Waals surface area contributed by atoms with E-state index in [1.165, 1.54) is 10.6 Å². The van der Waals surface area contributed by atoms with E-state index in [1.807, 2.05) is 30.3 Å². The lowest BCUT2D eigenvalue weighted by molar-refractivity contribution is 0.102. The minimum Gasteiger partial charge on any atom is -0.338 e. The van der Waals surface area contributed by atoms with Gasteiger partial charge in [0.1, 0.15) is 23.0 Å². The number of halogens is 2. The summed E-state index contributed by atoms with van der Waals surface area (Å²) in [6.07, 6.45) is 1.63. The van der Waals surface area contributed by atoms with Crippen LogP contribution in [-0.4, -0.2) is 20.4 Å². The molecule has 0 atom stereocenters. The number of anilines is 1. The summed E-state index contributed by atoms with van der Waals surface area (Å²) in [5.41, 5.74) is 2.00. The van der Waals surface area contributed by atoms with Crippen LogP contribution in [0.15, 0.2) is 89.9 Å². The summed E-state index contributed by atoms with van der Waals surface area (Å²) < 4.78 is 29.1. The first-order valence-corrected chi connectivity index (χ1v) is 10.5. The van der Waals surface area contributed by atoms with Crippen LogP contribution in [0, 0.1) is 11.6 Å². The molecular formula is C26H18F2N4O2. The molecule has 5 aromatic rings. The molecule has 0 bridgehead atoms. The number of pyridine rings is 1. The van der Waals surface area contributed by atoms with Gasteiger partial charge in [-0.25, -0.2) is 13.8 Å². The van der Waals surface area contributed by atoms with Gasteiger partial charge in [-0.05, 0) is 54.1 Å². The number of hydrogen-bond donors (Lipinski definition) is 2. The number of amides is 1. The van der Waals surface area contributed by atoms with E-state index in [1.54, 1.807) is 30.5 Å². The molecule has 0 unspecified atom stereocenters. The number of hydrogen-bond acceptors (Lipinski definition) is 3. The maximum atomic E-state index is 14.1. The van der Waals surface area contributed by atoms with Crippen molar-refractivity contribution in [3.05, 3.63) is 118 Å². The zero-order chi connectivity index (χ0) is 23.7. The molecule has 0 spiro atoms. The fraction of sp³-hybridized carbons (Fsp3) is 0.0385. The van der Waals surface area contributed by atoms with Crippen molar-refractivity contribution in [2.45, 2.75) is 6.54 Å². The number of nitrogens with one attached hydrogen (secondary N) is 2. The van der Waals surface area contributed by atoms with Crippen LogP contribution >= 0.6 is 0 Å². The Balaban J connectivity index is 1.40. The number of carbonyl (C=O) groups excluding carboxylic acids is 1. The summed E-state index contributed by atoms with van der Waals surface area (Å²) in [6.45, 7) is 0.348. The molecule has 0 radical (unpaired) electrons. The maximum Gasteiger partial charge on any atom is 0.263 e. The van der Waals surface area contributed by atoms with Crippen molar-refractivity contribution in [2.75, 3.05) is 5.32 Å². The smallest absolute Gasteiger partial charge is 0.263 e. The van der Waals surface area contributed by atoms with Gasteiger partial charge in [0.25, 0.3) is 11.5 Å². The number of aromatic amines is 1. The van der Waals surface area contributed by atoms with Gasteiger partial charge in [-0.2, -0.15) is 0 Å². The van der Waals surface area contributed by atoms with E-state index in [9.17, 15) is 18.4 Å². The Morgan fingerprint density at radius 1 is 0.971 bits per heavy atom. The molecule has 0 aliphatic heterocycles. The lowest BCUT2D eigenvalue weighted by Crippen LogP contribution is -2.29. The minimum atomic E-state index is -0.607. The molecule has 34 heavy (non-hydrogen) atoms. The van der Waals surface area contributed by atoms with Gasteiger partial charge >= 0.3 is 0 Å². The highest BCUT2D eigenvalue weighted by Crippen LogP contribution is 2.25. The first-order chi connectivity index (χ1) is 16.5. The first-order valence-electron chi connectivity index (χ1n) is 10.5. The summed E-state index contributed by atoms with van der Waals surface area (Å²) in [4.78, 5) is 32.9. The summed E-state index contributed by atoms with van der Waals surface area (Å²) in [5.74, 6) is -1.57. The highest BCUT2D eigenvalue weighted by Gasteiger charge is 2.15. The van der Waals surface area contributed by atoms with Crippen LogP contribution in [-0.2, 0) is 6.54 Å². The third-order valence-corrected chi connectivity index (χ3v) is 5.38. The fourth-order valence-electron chi connectivity index (χ4n) is 3.71. The Labute approximate surface area is 192 Å². The molecule has 6 nitrogen and oxygen atoms in total. The van der Waals surface area contributed by atoms with Crippen molar-refractivity contribution >= 4 is 22.6 Å². The first kappa shape index (κ1) is 21.3. The zero-order valence-electron chi connectivity index (χ0n) is 17.8. The molecule has 8 heteroatoms. The molecule has 3 aromatic carbocycles. The molecule has 0 aliphatic carbocycles. The summed E-state index contributed by atoms with van der Waals surface area (Å²) in [7, 11) is 0. The number of imidazole rings is 1. The van der Waals surface area contributed by atoms with Crippen molar-refractivity contribution in [1.82, 2.24) is 14.5 Å². The van der Waals surface area contributed by atoms with Gasteiger partial charge in [0.05, 0.1) is 23.1 Å². The van der Waals surface area contributed by atoms with Gasteiger partial charge in [-0.15, -0.1) is 0 Å². The highest BCUT2D eigenvalue weighted by atomic mass is 19.1. The van der Waals surface area contributed by atoms with E-state index in [-0.39, 0.29) is 17.0 Å². The molecule has 5 rings (SSSR count). The summed E-state index contributed by atoms with van der Waals surface area (Å²) in [6, 6.07) is 20.6. The Morgan fingerprint density at radius 3 is 2.62 bits per heavy atom. The number of H-pyrrole nitrogens is 1. The van der Waals surface area contributed by atoms with E-state index >= 15 is 0 Å². The van der Waals surface area contributed by atoms with E-state index in [0.29, 0.717) is 23.3 Å². The molecule has 0 fully saturated rings. The number of fused-ring (bicyclic) bond motifs is 1. The van der Waals surface area contributed by atoms with Crippen molar-refractivity contribution in [3.8, 4) is 11.4 Å². The topological polar surface area (TPSA) is 79.8 Å². The zero-order valence-corrected chi connectivity index (χ0v) is 17.8. The third-order valence-electron chi connectivity index (χ3n) is 5.38. The Hall–Kier alpha value is -4.59. The Kier molecular flexibility index (Phi) is 5.47. The number of aromatic nitrogens is 3. The van der Waals surface area contributed by atoms with Gasteiger partial charge in [0.15, 0.2) is 0 Å². The predicted octanol–water partition coefficient (Wildman–Crippen LogP) is 4.97. The van der Waals surface area contributed by atoms with Gasteiger partial charge in [0.2, 0.25) is 0 Å². The number of nitrogens with zero attached hydrogens (tertiary/aromatic N) is 2. The lowest BCUT2D eigenvalue weighted by Gasteiger charge is -2.09. The Morgan fingerprint density at radius 2 is 1.79 bits per heavy atom. The SMILES string of the molecule is O=C(Nc1ccc2nc(-c3cc(F)ccc3F)[nH]c2c1)c1cccn(Cc2ccccc2)c1=O. The number of carbonyl (C=O) groups is 1. The molecule has 2 aromatic heterocycles. The van der Waals surface area contributed by atoms with E-state index in [4.69, 9.17) is 0 Å². The lowest BCUT2D eigenvalue weighted by atomic mass is 10.2. The average Bonchev–Trinajstić information content (AvgIpc) is 3.26. The molecule has 1 amide bonds. The van der Waals surface area contributed by atoms with Gasteiger partial charge < -0.3 is 14.9 Å². The van der Waals surface area contributed by atoms with E-state index in [2.05, 4.69) is 15.3 Å². The molecule has 2 N–H and O–H groups in total. The molecule has 0 aliphatic rings. The van der Waals surface area contributed by atoms with Crippen LogP contribution in [0.1, 0.15) is 15.9 Å². The largest absolute Gasteiger partial charge is 0.338 e. The highest BCUT2D eigenvalue weighted by molar-refractivity contribution is 6.04. The standard InChI is InChI=1S/C26H18F2N4O2/c27-17-8-10-21(28)20(13-17)24-30-22-11-9-18(14-23(22)31-24)29-25(33)19-7-4-12-32(26(19)34)15-16-5-2-1-3-6-16/h1-14H,15H2,(H,29,33)(H,30,31). The summed E-state index contributed by atoms with van der Waals surface area (Å²) in [5, 5.41) is 2.72. The normalized spacial score (nSPS) is 11.0. The molecule has 0 saturated heterocycles. The van der Waals surface area contributed by atoms with Crippen molar-refractivity contribution in [3.63, 3.8) is 0 Å². The monoisotopic (exact) mass is 456 g/mol. The quantitative estimate of drug-likeness (QED) is 0.392. The number of benzene rings is 3. The molecular weight excluding hydrogens is 438 g/mol.